The number of amidine groups is 1. The van der Waals surface area contributed by atoms with Crippen molar-refractivity contribution >= 4 is 57.8 Å². The third-order valence-corrected chi connectivity index (χ3v) is 4.52. The lowest BCUT2D eigenvalue weighted by molar-refractivity contribution is -0.115. The van der Waals surface area contributed by atoms with Gasteiger partial charge in [-0.2, -0.15) is 0 Å². The smallest absolute Gasteiger partial charge is 0.264 e. The number of amides is 2. The third-order valence-electron chi connectivity index (χ3n) is 3.26. The highest BCUT2D eigenvalue weighted by Gasteiger charge is 2.24. The van der Waals surface area contributed by atoms with Crippen LogP contribution in [0.5, 0.6) is 0 Å². The molecule has 0 unspecified atom stereocenters. The van der Waals surface area contributed by atoms with Crippen LogP contribution in [0, 0.1) is 0 Å². The van der Waals surface area contributed by atoms with Crippen molar-refractivity contribution in [1.82, 2.24) is 5.32 Å². The highest BCUT2D eigenvalue weighted by Crippen LogP contribution is 2.30. The summed E-state index contributed by atoms with van der Waals surface area (Å²) in [5.41, 5.74) is 2.15. The topological polar surface area (TPSA) is 70.6 Å². The molecule has 0 aliphatic carbocycles. The van der Waals surface area contributed by atoms with E-state index in [4.69, 9.17) is 11.6 Å². The zero-order valence-electron chi connectivity index (χ0n) is 13.2. The average Bonchev–Trinajstić information content (AvgIpc) is 2.90. The Labute approximate surface area is 154 Å². The lowest BCUT2D eigenvalue weighted by Crippen LogP contribution is -2.19. The lowest BCUT2D eigenvalue weighted by atomic mass is 10.2. The van der Waals surface area contributed by atoms with Crippen LogP contribution in [0.4, 0.5) is 11.4 Å². The standard InChI is InChI=1S/C18H14ClN3O2S/c1-11(23)20-13-6-8-14(9-7-13)21-18-22-17(24)16(25-18)10-12-4-2-3-5-15(12)19/h2-10H,1H3,(H,20,23)(H,21,22,24)/b16-10-. The van der Waals surface area contributed by atoms with Gasteiger partial charge < -0.3 is 10.6 Å². The first-order valence-corrected chi connectivity index (χ1v) is 8.62. The molecule has 126 valence electrons. The van der Waals surface area contributed by atoms with E-state index in [0.717, 1.165) is 5.56 Å². The van der Waals surface area contributed by atoms with Crippen LogP contribution in [0.1, 0.15) is 12.5 Å². The van der Waals surface area contributed by atoms with Crippen molar-refractivity contribution in [2.75, 3.05) is 5.32 Å². The molecular weight excluding hydrogens is 358 g/mol. The summed E-state index contributed by atoms with van der Waals surface area (Å²) < 4.78 is 0. The number of aliphatic imine (C=N–C) groups is 1. The molecule has 1 aliphatic rings. The van der Waals surface area contributed by atoms with Crippen molar-refractivity contribution in [3.63, 3.8) is 0 Å². The highest BCUT2D eigenvalue weighted by atomic mass is 35.5. The second-order valence-corrected chi connectivity index (χ2v) is 6.67. The third kappa shape index (κ3) is 4.49. The zero-order valence-corrected chi connectivity index (χ0v) is 14.8. The van der Waals surface area contributed by atoms with E-state index in [0.29, 0.717) is 26.5 Å². The normalized spacial score (nSPS) is 17.0. The minimum absolute atomic E-state index is 0.132. The van der Waals surface area contributed by atoms with Crippen molar-refractivity contribution in [2.24, 2.45) is 4.99 Å². The summed E-state index contributed by atoms with van der Waals surface area (Å²) in [7, 11) is 0. The number of rotatable bonds is 3. The Balaban J connectivity index is 1.77. The number of halogens is 1. The quantitative estimate of drug-likeness (QED) is 0.795. The van der Waals surface area contributed by atoms with Gasteiger partial charge in [0, 0.05) is 17.6 Å². The fourth-order valence-electron chi connectivity index (χ4n) is 2.15. The van der Waals surface area contributed by atoms with E-state index in [1.54, 1.807) is 36.4 Å². The molecule has 2 aromatic carbocycles. The highest BCUT2D eigenvalue weighted by molar-refractivity contribution is 8.18. The van der Waals surface area contributed by atoms with Crippen LogP contribution in [0.15, 0.2) is 58.4 Å². The monoisotopic (exact) mass is 371 g/mol. The molecule has 0 saturated carbocycles. The number of benzene rings is 2. The van der Waals surface area contributed by atoms with Crippen LogP contribution in [-0.4, -0.2) is 17.0 Å². The van der Waals surface area contributed by atoms with Crippen LogP contribution < -0.4 is 10.6 Å². The van der Waals surface area contributed by atoms with Gasteiger partial charge in [0.25, 0.3) is 5.91 Å². The molecule has 3 rings (SSSR count). The van der Waals surface area contributed by atoms with Crippen molar-refractivity contribution in [3.8, 4) is 0 Å². The summed E-state index contributed by atoms with van der Waals surface area (Å²) in [5, 5.41) is 6.50. The van der Waals surface area contributed by atoms with Crippen LogP contribution in [0.25, 0.3) is 6.08 Å². The Morgan fingerprint density at radius 2 is 1.92 bits per heavy atom. The molecule has 0 bridgehead atoms. The van der Waals surface area contributed by atoms with E-state index in [1.807, 2.05) is 18.2 Å². The van der Waals surface area contributed by atoms with Gasteiger partial charge in [0.15, 0.2) is 5.17 Å². The predicted molar refractivity (Wildman–Crippen MR) is 103 cm³/mol. The summed E-state index contributed by atoms with van der Waals surface area (Å²) >= 11 is 7.38. The first-order valence-electron chi connectivity index (χ1n) is 7.43. The first-order chi connectivity index (χ1) is 12.0. The van der Waals surface area contributed by atoms with E-state index in [-0.39, 0.29) is 11.8 Å². The van der Waals surface area contributed by atoms with Crippen LogP contribution in [-0.2, 0) is 9.59 Å². The molecule has 0 aromatic heterocycles. The van der Waals surface area contributed by atoms with Crippen LogP contribution in [0.3, 0.4) is 0 Å². The zero-order chi connectivity index (χ0) is 17.8. The number of nitrogens with zero attached hydrogens (tertiary/aromatic N) is 1. The summed E-state index contributed by atoms with van der Waals surface area (Å²) in [5.74, 6) is -0.342. The molecule has 1 saturated heterocycles. The number of hydrogen-bond acceptors (Lipinski definition) is 4. The first kappa shape index (κ1) is 17.3. The second-order valence-electron chi connectivity index (χ2n) is 5.23. The van der Waals surface area contributed by atoms with Crippen molar-refractivity contribution in [2.45, 2.75) is 6.92 Å². The Hall–Kier alpha value is -2.57. The number of anilines is 1. The summed E-state index contributed by atoms with van der Waals surface area (Å²) in [6, 6.07) is 14.4. The number of carbonyl (C=O) groups excluding carboxylic acids is 2. The molecular formula is C18H14ClN3O2S. The maximum Gasteiger partial charge on any atom is 0.264 e. The van der Waals surface area contributed by atoms with E-state index in [9.17, 15) is 9.59 Å². The maximum atomic E-state index is 12.1. The van der Waals surface area contributed by atoms with Gasteiger partial charge in [-0.05, 0) is 53.7 Å². The molecule has 1 heterocycles. The van der Waals surface area contributed by atoms with Gasteiger partial charge in [0.05, 0.1) is 10.6 Å². The van der Waals surface area contributed by atoms with Gasteiger partial charge >= 0.3 is 0 Å². The number of hydrogen-bond donors (Lipinski definition) is 2. The van der Waals surface area contributed by atoms with Gasteiger partial charge in [0.2, 0.25) is 5.91 Å². The molecule has 2 aromatic rings. The largest absolute Gasteiger partial charge is 0.326 e. The van der Waals surface area contributed by atoms with E-state index in [2.05, 4.69) is 15.6 Å². The molecule has 1 fully saturated rings. The van der Waals surface area contributed by atoms with Gasteiger partial charge in [0.1, 0.15) is 0 Å². The number of thioether (sulfide) groups is 1. The molecule has 0 radical (unpaired) electrons. The molecule has 5 nitrogen and oxygen atoms in total. The fourth-order valence-corrected chi connectivity index (χ4v) is 3.18. The molecule has 7 heteroatoms. The average molecular weight is 372 g/mol. The molecule has 2 N–H and O–H groups in total. The Bertz CT molecular complexity index is 891. The van der Waals surface area contributed by atoms with Gasteiger partial charge in [-0.15, -0.1) is 0 Å². The van der Waals surface area contributed by atoms with Crippen molar-refractivity contribution < 1.29 is 9.59 Å². The Morgan fingerprint density at radius 3 is 2.60 bits per heavy atom. The summed E-state index contributed by atoms with van der Waals surface area (Å²) in [6.07, 6.45) is 1.74. The maximum absolute atomic E-state index is 12.1. The fraction of sp³-hybridized carbons (Fsp3) is 0.0556. The lowest BCUT2D eigenvalue weighted by Gasteiger charge is -2.02. The molecule has 1 aliphatic heterocycles. The predicted octanol–water partition coefficient (Wildman–Crippen LogP) is 4.19. The van der Waals surface area contributed by atoms with Crippen LogP contribution in [0.2, 0.25) is 5.02 Å². The SMILES string of the molecule is CC(=O)Nc1ccc(N=C2NC(=O)/C(=C/c3ccccc3Cl)S2)cc1. The van der Waals surface area contributed by atoms with Crippen LogP contribution >= 0.6 is 23.4 Å². The van der Waals surface area contributed by atoms with Crippen molar-refractivity contribution in [3.05, 3.63) is 64.0 Å². The molecule has 0 atom stereocenters. The Kier molecular flexibility index (Phi) is 5.21. The van der Waals surface area contributed by atoms with E-state index < -0.39 is 0 Å². The van der Waals surface area contributed by atoms with E-state index >= 15 is 0 Å². The van der Waals surface area contributed by atoms with Gasteiger partial charge in [-0.3, -0.25) is 9.59 Å². The van der Waals surface area contributed by atoms with Crippen molar-refractivity contribution in [1.29, 1.82) is 0 Å². The molecule has 2 amide bonds. The minimum Gasteiger partial charge on any atom is -0.326 e. The van der Waals surface area contributed by atoms with E-state index in [1.165, 1.54) is 18.7 Å². The summed E-state index contributed by atoms with van der Waals surface area (Å²) in [4.78, 5) is 28.0. The molecule has 0 spiro atoms. The number of nitrogens with one attached hydrogen (secondary N) is 2. The second kappa shape index (κ2) is 7.55. The minimum atomic E-state index is -0.210. The number of carbonyl (C=O) groups is 2. The molecule has 25 heavy (non-hydrogen) atoms. The van der Waals surface area contributed by atoms with Gasteiger partial charge in [-0.1, -0.05) is 29.8 Å². The van der Waals surface area contributed by atoms with Gasteiger partial charge in [-0.25, -0.2) is 4.99 Å². The Morgan fingerprint density at radius 1 is 1.20 bits per heavy atom. The summed E-state index contributed by atoms with van der Waals surface area (Å²) in [6.45, 7) is 1.45.